The summed E-state index contributed by atoms with van der Waals surface area (Å²) in [5, 5.41) is 6.40. The van der Waals surface area contributed by atoms with Gasteiger partial charge in [-0.1, -0.05) is 40.5 Å². The van der Waals surface area contributed by atoms with Crippen LogP contribution >= 0.6 is 0 Å². The van der Waals surface area contributed by atoms with Gasteiger partial charge in [0, 0.05) is 18.5 Å². The fraction of sp³-hybridized carbons (Fsp3) is 0.933. The van der Waals surface area contributed by atoms with Crippen molar-refractivity contribution in [2.24, 2.45) is 5.92 Å². The van der Waals surface area contributed by atoms with Gasteiger partial charge in [0.25, 0.3) is 0 Å². The van der Waals surface area contributed by atoms with Crippen LogP contribution in [0, 0.1) is 5.92 Å². The summed E-state index contributed by atoms with van der Waals surface area (Å²) in [7, 11) is 0. The number of hydrogen-bond acceptors (Lipinski definition) is 2. The van der Waals surface area contributed by atoms with Crippen molar-refractivity contribution in [2.75, 3.05) is 6.54 Å². The van der Waals surface area contributed by atoms with E-state index in [1.54, 1.807) is 0 Å². The zero-order valence-electron chi connectivity index (χ0n) is 12.9. The van der Waals surface area contributed by atoms with Gasteiger partial charge in [0.2, 0.25) is 5.91 Å². The molecule has 2 N–H and O–H groups in total. The Morgan fingerprint density at radius 2 is 1.67 bits per heavy atom. The van der Waals surface area contributed by atoms with E-state index in [4.69, 9.17) is 0 Å². The lowest BCUT2D eigenvalue weighted by Gasteiger charge is -2.15. The Hall–Kier alpha value is -0.570. The van der Waals surface area contributed by atoms with Crippen LogP contribution in [-0.4, -0.2) is 24.5 Å². The van der Waals surface area contributed by atoms with Gasteiger partial charge in [0.15, 0.2) is 0 Å². The fourth-order valence-corrected chi connectivity index (χ4v) is 1.89. The largest absolute Gasteiger partial charge is 0.354 e. The fourth-order valence-electron chi connectivity index (χ4n) is 1.89. The Kier molecular flexibility index (Phi) is 10.0. The van der Waals surface area contributed by atoms with E-state index in [1.165, 1.54) is 12.8 Å². The van der Waals surface area contributed by atoms with E-state index in [2.05, 4.69) is 45.3 Å². The van der Waals surface area contributed by atoms with Crippen LogP contribution in [0.1, 0.15) is 66.7 Å². The van der Waals surface area contributed by atoms with Crippen LogP contribution in [0.15, 0.2) is 0 Å². The van der Waals surface area contributed by atoms with Gasteiger partial charge in [-0.15, -0.1) is 0 Å². The van der Waals surface area contributed by atoms with E-state index in [0.29, 0.717) is 18.5 Å². The van der Waals surface area contributed by atoms with Crippen molar-refractivity contribution in [2.45, 2.75) is 78.8 Å². The Bertz CT molecular complexity index is 215. The molecule has 0 aliphatic carbocycles. The van der Waals surface area contributed by atoms with Crippen molar-refractivity contribution >= 4 is 5.91 Å². The van der Waals surface area contributed by atoms with E-state index >= 15 is 0 Å². The van der Waals surface area contributed by atoms with E-state index in [9.17, 15) is 4.79 Å². The Balaban J connectivity index is 3.49. The van der Waals surface area contributed by atoms with E-state index in [-0.39, 0.29) is 5.91 Å². The van der Waals surface area contributed by atoms with Gasteiger partial charge in [-0.3, -0.25) is 4.79 Å². The summed E-state index contributed by atoms with van der Waals surface area (Å²) >= 11 is 0. The van der Waals surface area contributed by atoms with Gasteiger partial charge in [0.05, 0.1) is 0 Å². The van der Waals surface area contributed by atoms with E-state index < -0.39 is 0 Å². The molecule has 0 spiro atoms. The molecule has 0 aromatic heterocycles. The number of hydrogen-bond donors (Lipinski definition) is 2. The second-order valence-corrected chi connectivity index (χ2v) is 6.01. The summed E-state index contributed by atoms with van der Waals surface area (Å²) in [5.74, 6) is 0.951. The predicted octanol–water partition coefficient (Wildman–Crippen LogP) is 3.10. The summed E-state index contributed by atoms with van der Waals surface area (Å²) in [5.41, 5.74) is 0. The van der Waals surface area contributed by atoms with Crippen molar-refractivity contribution in [3.63, 3.8) is 0 Å². The molecule has 0 aliphatic heterocycles. The van der Waals surface area contributed by atoms with Crippen molar-refractivity contribution in [3.8, 4) is 0 Å². The third-order valence-electron chi connectivity index (χ3n) is 2.96. The molecule has 3 nitrogen and oxygen atoms in total. The van der Waals surface area contributed by atoms with Gasteiger partial charge in [-0.05, 0) is 32.2 Å². The maximum Gasteiger partial charge on any atom is 0.220 e. The number of rotatable bonds is 10. The first-order valence-corrected chi connectivity index (χ1v) is 7.44. The highest BCUT2D eigenvalue weighted by molar-refractivity contribution is 5.76. The van der Waals surface area contributed by atoms with Crippen LogP contribution in [0.2, 0.25) is 0 Å². The Morgan fingerprint density at radius 3 is 2.22 bits per heavy atom. The minimum atomic E-state index is 0.192. The second-order valence-electron chi connectivity index (χ2n) is 6.01. The molecule has 0 aliphatic rings. The smallest absolute Gasteiger partial charge is 0.220 e. The number of carbonyl (C=O) groups is 1. The average molecular weight is 256 g/mol. The monoisotopic (exact) mass is 256 g/mol. The maximum atomic E-state index is 11.7. The maximum absolute atomic E-state index is 11.7. The summed E-state index contributed by atoms with van der Waals surface area (Å²) in [6.07, 6.45) is 5.09. The van der Waals surface area contributed by atoms with Crippen LogP contribution in [0.3, 0.4) is 0 Å². The van der Waals surface area contributed by atoms with Crippen LogP contribution in [0.4, 0.5) is 0 Å². The topological polar surface area (TPSA) is 41.1 Å². The molecule has 1 unspecified atom stereocenters. The first-order chi connectivity index (χ1) is 8.41. The lowest BCUT2D eigenvalue weighted by Crippen LogP contribution is -2.33. The van der Waals surface area contributed by atoms with Crippen LogP contribution in [0.5, 0.6) is 0 Å². The predicted molar refractivity (Wildman–Crippen MR) is 78.7 cm³/mol. The van der Waals surface area contributed by atoms with Crippen molar-refractivity contribution in [1.82, 2.24) is 10.6 Å². The molecule has 0 saturated carbocycles. The SMILES string of the molecule is CC(C)CCCC(C)NC(=O)CCCNC(C)C. The molecule has 18 heavy (non-hydrogen) atoms. The van der Waals surface area contributed by atoms with Gasteiger partial charge in [-0.25, -0.2) is 0 Å². The van der Waals surface area contributed by atoms with Gasteiger partial charge < -0.3 is 10.6 Å². The summed E-state index contributed by atoms with van der Waals surface area (Å²) in [6, 6.07) is 0.817. The van der Waals surface area contributed by atoms with Gasteiger partial charge in [0.1, 0.15) is 0 Å². The summed E-state index contributed by atoms with van der Waals surface area (Å²) in [6.45, 7) is 11.8. The average Bonchev–Trinajstić information content (AvgIpc) is 2.23. The Morgan fingerprint density at radius 1 is 1.00 bits per heavy atom. The Labute approximate surface area is 113 Å². The second kappa shape index (κ2) is 10.4. The molecule has 0 radical (unpaired) electrons. The third kappa shape index (κ3) is 11.9. The molecule has 108 valence electrons. The van der Waals surface area contributed by atoms with Crippen molar-refractivity contribution in [1.29, 1.82) is 0 Å². The summed E-state index contributed by atoms with van der Waals surface area (Å²) in [4.78, 5) is 11.7. The molecular formula is C15H32N2O. The highest BCUT2D eigenvalue weighted by Gasteiger charge is 2.07. The minimum Gasteiger partial charge on any atom is -0.354 e. The normalized spacial score (nSPS) is 13.1. The van der Waals surface area contributed by atoms with E-state index in [0.717, 1.165) is 25.3 Å². The molecular weight excluding hydrogens is 224 g/mol. The first-order valence-electron chi connectivity index (χ1n) is 7.44. The highest BCUT2D eigenvalue weighted by atomic mass is 16.1. The summed E-state index contributed by atoms with van der Waals surface area (Å²) < 4.78 is 0. The van der Waals surface area contributed by atoms with Crippen LogP contribution < -0.4 is 10.6 Å². The molecule has 0 fully saturated rings. The molecule has 0 rings (SSSR count). The van der Waals surface area contributed by atoms with Crippen molar-refractivity contribution in [3.05, 3.63) is 0 Å². The molecule has 1 atom stereocenters. The molecule has 1 amide bonds. The number of amides is 1. The van der Waals surface area contributed by atoms with E-state index in [1.807, 2.05) is 0 Å². The molecule has 3 heteroatoms. The van der Waals surface area contributed by atoms with Crippen LogP contribution in [0.25, 0.3) is 0 Å². The molecule has 0 saturated heterocycles. The van der Waals surface area contributed by atoms with Crippen molar-refractivity contribution < 1.29 is 4.79 Å². The first kappa shape index (κ1) is 17.4. The molecule has 0 aromatic rings. The number of carbonyl (C=O) groups excluding carboxylic acids is 1. The molecule has 0 bridgehead atoms. The lowest BCUT2D eigenvalue weighted by atomic mass is 10.0. The van der Waals surface area contributed by atoms with Crippen LogP contribution in [-0.2, 0) is 4.79 Å². The highest BCUT2D eigenvalue weighted by Crippen LogP contribution is 2.08. The number of nitrogens with one attached hydrogen (secondary N) is 2. The lowest BCUT2D eigenvalue weighted by molar-refractivity contribution is -0.121. The minimum absolute atomic E-state index is 0.192. The quantitative estimate of drug-likeness (QED) is 0.590. The standard InChI is InChI=1S/C15H32N2O/c1-12(2)8-6-9-14(5)17-15(18)10-7-11-16-13(3)4/h12-14,16H,6-11H2,1-5H3,(H,17,18). The molecule has 0 heterocycles. The van der Waals surface area contributed by atoms with Gasteiger partial charge >= 0.3 is 0 Å². The molecule has 0 aromatic carbocycles. The zero-order valence-corrected chi connectivity index (χ0v) is 12.9. The zero-order chi connectivity index (χ0) is 14.0. The third-order valence-corrected chi connectivity index (χ3v) is 2.96. The van der Waals surface area contributed by atoms with Gasteiger partial charge in [-0.2, -0.15) is 0 Å².